The molecule has 142 valence electrons. The van der Waals surface area contributed by atoms with E-state index < -0.39 is 24.3 Å². The van der Waals surface area contributed by atoms with E-state index >= 15 is 0 Å². The molecular weight excluding hydrogens is 403 g/mol. The van der Waals surface area contributed by atoms with Crippen LogP contribution in [-0.4, -0.2) is 40.2 Å². The average Bonchev–Trinajstić information content (AvgIpc) is 2.55. The summed E-state index contributed by atoms with van der Waals surface area (Å²) in [7, 11) is 0. The summed E-state index contributed by atoms with van der Waals surface area (Å²) in [5, 5.41) is 11.0. The number of nitrogens with one attached hydrogen (secondary N) is 1. The zero-order valence-electron chi connectivity index (χ0n) is 15.0. The summed E-state index contributed by atoms with van der Waals surface area (Å²) in [6.45, 7) is 6.05. The van der Waals surface area contributed by atoms with Crippen molar-refractivity contribution in [1.82, 2.24) is 10.3 Å². The molecule has 1 aliphatic rings. The second kappa shape index (κ2) is 9.09. The number of nitrogens with zero attached hydrogens (tertiary/aromatic N) is 1. The molecule has 0 aromatic carbocycles. The number of hydrogen-bond acceptors (Lipinski definition) is 6. The average molecular weight is 426 g/mol. The molecule has 9 heteroatoms. The topological polar surface area (TPSA) is 126 Å². The van der Waals surface area contributed by atoms with Gasteiger partial charge in [0.1, 0.15) is 0 Å². The minimum absolute atomic E-state index is 0.323. The molecule has 0 bridgehead atoms. The van der Waals surface area contributed by atoms with E-state index in [-0.39, 0.29) is 11.7 Å². The Bertz CT molecular complexity index is 762. The molecule has 26 heavy (non-hydrogen) atoms. The number of allylic oxidation sites excluding steroid dienone is 3. The first kappa shape index (κ1) is 22.1. The molecule has 3 atom stereocenters. The molecule has 1 heterocycles. The molecule has 0 radical (unpaired) electrons. The minimum atomic E-state index is -5.07. The summed E-state index contributed by atoms with van der Waals surface area (Å²) < 4.78 is 24.0. The van der Waals surface area contributed by atoms with Gasteiger partial charge in [0.2, 0.25) is 0 Å². The van der Waals surface area contributed by atoms with Crippen LogP contribution in [0.1, 0.15) is 26.3 Å². The van der Waals surface area contributed by atoms with E-state index in [0.29, 0.717) is 5.70 Å². The standard InChI is InChI=1S/C11H16AsNO6.C6H7N/c1-7(14)11(3)6-9(13-8(2)15)4-5-10(11)12(16,17)19-18;1-6-3-2-4-7-5-6/h4-6,10,18H,1-3H3,(H,13,15)(H,16,17);2-5H,1H3. The van der Waals surface area contributed by atoms with Crippen molar-refractivity contribution in [1.29, 1.82) is 0 Å². The summed E-state index contributed by atoms with van der Waals surface area (Å²) in [6, 6.07) is 3.95. The van der Waals surface area contributed by atoms with Crippen LogP contribution in [0.25, 0.3) is 0 Å². The zero-order valence-corrected chi connectivity index (χ0v) is 16.9. The van der Waals surface area contributed by atoms with Crippen molar-refractivity contribution in [3.63, 3.8) is 0 Å². The third-order valence-electron chi connectivity index (χ3n) is 3.88. The molecule has 0 fully saturated rings. The van der Waals surface area contributed by atoms with Crippen LogP contribution in [0.5, 0.6) is 0 Å². The van der Waals surface area contributed by atoms with Gasteiger partial charge in [-0.05, 0) is 18.6 Å². The number of Topliss-reactive ketones (excluding diaryl/α,β-unsaturated/α-hetero) is 1. The summed E-state index contributed by atoms with van der Waals surface area (Å²) in [5.74, 6) is -0.700. The van der Waals surface area contributed by atoms with Crippen LogP contribution in [-0.2, 0) is 17.2 Å². The SMILES string of the molecule is CC(=O)NC1=CC(C)(C(C)=O)C([As](=O)(O)OO)C=C1.Cc1cccnc1. The molecule has 0 saturated carbocycles. The number of rotatable bonds is 4. The number of hydrogen-bond donors (Lipinski definition) is 3. The fourth-order valence-corrected chi connectivity index (χ4v) is 5.20. The molecule has 3 unspecified atom stereocenters. The fourth-order valence-electron chi connectivity index (χ4n) is 2.39. The van der Waals surface area contributed by atoms with Crippen LogP contribution >= 0.6 is 0 Å². The number of carbonyl (C=O) groups is 2. The maximum absolute atomic E-state index is 11.8. The quantitative estimate of drug-likeness (QED) is 0.381. The Hall–Kier alpha value is -1.99. The van der Waals surface area contributed by atoms with Crippen molar-refractivity contribution in [3.05, 3.63) is 54.0 Å². The second-order valence-corrected chi connectivity index (χ2v) is 9.98. The van der Waals surface area contributed by atoms with Gasteiger partial charge in [-0.2, -0.15) is 0 Å². The smallest absolute Gasteiger partial charge is 0.0297 e. The van der Waals surface area contributed by atoms with Crippen molar-refractivity contribution in [2.24, 2.45) is 5.41 Å². The van der Waals surface area contributed by atoms with Gasteiger partial charge in [0.05, 0.1) is 0 Å². The summed E-state index contributed by atoms with van der Waals surface area (Å²) >= 11 is -5.07. The number of aryl methyl sites for hydroxylation is 1. The monoisotopic (exact) mass is 426 g/mol. The van der Waals surface area contributed by atoms with Gasteiger partial charge in [0, 0.05) is 12.4 Å². The maximum Gasteiger partial charge on any atom is 0.0297 e. The minimum Gasteiger partial charge on any atom is -0.264 e. The van der Waals surface area contributed by atoms with E-state index in [1.54, 1.807) is 6.20 Å². The van der Waals surface area contributed by atoms with Crippen molar-refractivity contribution < 1.29 is 26.6 Å². The van der Waals surface area contributed by atoms with E-state index in [9.17, 15) is 17.4 Å². The van der Waals surface area contributed by atoms with Crippen molar-refractivity contribution in [2.75, 3.05) is 0 Å². The normalized spacial score (nSPS) is 23.8. The molecule has 3 N–H and O–H groups in total. The van der Waals surface area contributed by atoms with E-state index in [1.807, 2.05) is 25.3 Å². The van der Waals surface area contributed by atoms with Crippen molar-refractivity contribution >= 4 is 25.9 Å². The molecule has 1 aliphatic carbocycles. The zero-order chi connectivity index (χ0) is 20.0. The van der Waals surface area contributed by atoms with Crippen LogP contribution in [0.4, 0.5) is 0 Å². The first-order valence-corrected chi connectivity index (χ1v) is 11.2. The largest absolute Gasteiger partial charge is 0.264 e. The number of carbonyl (C=O) groups excluding carboxylic acids is 2. The Morgan fingerprint density at radius 2 is 2.04 bits per heavy atom. The third kappa shape index (κ3) is 5.78. The summed E-state index contributed by atoms with van der Waals surface area (Å²) in [4.78, 5) is 26.6. The Morgan fingerprint density at radius 3 is 2.42 bits per heavy atom. The molecule has 1 aromatic heterocycles. The molecule has 8 nitrogen and oxygen atoms in total. The number of aromatic nitrogens is 1. The number of ketones is 1. The Morgan fingerprint density at radius 1 is 1.38 bits per heavy atom. The van der Waals surface area contributed by atoms with Crippen molar-refractivity contribution in [2.45, 2.75) is 32.4 Å². The van der Waals surface area contributed by atoms with Gasteiger partial charge >= 0.3 is 113 Å². The molecule has 2 rings (SSSR count). The molecule has 0 aliphatic heterocycles. The third-order valence-corrected chi connectivity index (χ3v) is 7.34. The van der Waals surface area contributed by atoms with Crippen molar-refractivity contribution in [3.8, 4) is 0 Å². The van der Waals surface area contributed by atoms with Gasteiger partial charge in [0.15, 0.2) is 0 Å². The van der Waals surface area contributed by atoms with Gasteiger partial charge in [0.25, 0.3) is 0 Å². The van der Waals surface area contributed by atoms with Gasteiger partial charge in [-0.1, -0.05) is 6.07 Å². The van der Waals surface area contributed by atoms with E-state index in [0.717, 1.165) is 0 Å². The van der Waals surface area contributed by atoms with Crippen LogP contribution in [0.15, 0.2) is 48.5 Å². The maximum atomic E-state index is 11.8. The Kier molecular flexibility index (Phi) is 7.71. The molecule has 0 saturated heterocycles. The van der Waals surface area contributed by atoms with E-state index in [2.05, 4.69) is 14.2 Å². The second-order valence-electron chi connectivity index (χ2n) is 6.10. The van der Waals surface area contributed by atoms with Gasteiger partial charge in [-0.15, -0.1) is 0 Å². The van der Waals surface area contributed by atoms with Crippen LogP contribution in [0.3, 0.4) is 0 Å². The van der Waals surface area contributed by atoms with Crippen LogP contribution < -0.4 is 5.32 Å². The summed E-state index contributed by atoms with van der Waals surface area (Å²) in [6.07, 6.45) is 7.69. The van der Waals surface area contributed by atoms with Crippen LogP contribution in [0, 0.1) is 12.3 Å². The summed E-state index contributed by atoms with van der Waals surface area (Å²) in [5.41, 5.74) is 0.232. The molecule has 1 aromatic rings. The van der Waals surface area contributed by atoms with Gasteiger partial charge in [-0.25, -0.2) is 0 Å². The Balaban J connectivity index is 0.000000401. The molecule has 1 amide bonds. The molecule has 0 spiro atoms. The first-order valence-electron chi connectivity index (χ1n) is 7.75. The van der Waals surface area contributed by atoms with Gasteiger partial charge in [-0.3, -0.25) is 4.98 Å². The predicted molar refractivity (Wildman–Crippen MR) is 94.9 cm³/mol. The predicted octanol–water partition coefficient (Wildman–Crippen LogP) is 1.78. The number of amides is 1. The first-order chi connectivity index (χ1) is 12.0. The van der Waals surface area contributed by atoms with E-state index in [4.69, 9.17) is 5.26 Å². The number of pyridine rings is 1. The Labute approximate surface area is 154 Å². The molecular formula is C17H23AsN2O6. The van der Waals surface area contributed by atoms with E-state index in [1.165, 1.54) is 44.6 Å². The van der Waals surface area contributed by atoms with Gasteiger partial charge < -0.3 is 0 Å². The van der Waals surface area contributed by atoms with Crippen LogP contribution in [0.2, 0.25) is 4.71 Å². The fraction of sp³-hybridized carbons (Fsp3) is 0.353.